The van der Waals surface area contributed by atoms with E-state index >= 15 is 0 Å². The van der Waals surface area contributed by atoms with E-state index in [1.165, 1.54) is 31.4 Å². The van der Waals surface area contributed by atoms with Gasteiger partial charge in [-0.25, -0.2) is 8.78 Å². The minimum atomic E-state index is -0.524. The molecule has 100 valence electrons. The van der Waals surface area contributed by atoms with Crippen LogP contribution in [0.1, 0.15) is 50.0 Å². The molecular formula is C15H20F2O. The van der Waals surface area contributed by atoms with Crippen molar-refractivity contribution in [1.29, 1.82) is 0 Å². The summed E-state index contributed by atoms with van der Waals surface area (Å²) in [4.78, 5) is 0. The van der Waals surface area contributed by atoms with Gasteiger partial charge in [0.15, 0.2) is 0 Å². The van der Waals surface area contributed by atoms with Crippen LogP contribution >= 0.6 is 0 Å². The predicted octanol–water partition coefficient (Wildman–Crippen LogP) is 4.01. The van der Waals surface area contributed by atoms with Crippen LogP contribution in [-0.4, -0.2) is 11.7 Å². The van der Waals surface area contributed by atoms with Crippen LogP contribution < -0.4 is 0 Å². The van der Waals surface area contributed by atoms with Crippen LogP contribution in [0.2, 0.25) is 0 Å². The Morgan fingerprint density at radius 1 is 1.06 bits per heavy atom. The van der Waals surface area contributed by atoms with Gasteiger partial charge in [0.1, 0.15) is 11.6 Å². The third-order valence-electron chi connectivity index (χ3n) is 3.97. The molecule has 1 atom stereocenters. The first kappa shape index (κ1) is 13.5. The average molecular weight is 254 g/mol. The zero-order valence-corrected chi connectivity index (χ0v) is 10.5. The first-order valence-corrected chi connectivity index (χ1v) is 6.77. The summed E-state index contributed by atoms with van der Waals surface area (Å²) in [5.41, 5.74) is 0.702. The van der Waals surface area contributed by atoms with Crippen LogP contribution in [0.3, 0.4) is 0 Å². The molecule has 1 unspecified atom stereocenters. The highest BCUT2D eigenvalue weighted by Crippen LogP contribution is 2.38. The molecule has 0 heterocycles. The highest BCUT2D eigenvalue weighted by atomic mass is 19.1. The van der Waals surface area contributed by atoms with E-state index in [0.29, 0.717) is 17.9 Å². The minimum absolute atomic E-state index is 0.0687. The zero-order chi connectivity index (χ0) is 13.0. The Bertz CT molecular complexity index is 366. The lowest BCUT2D eigenvalue weighted by Gasteiger charge is -2.30. The monoisotopic (exact) mass is 254 g/mol. The second-order valence-electron chi connectivity index (χ2n) is 5.22. The van der Waals surface area contributed by atoms with Crippen molar-refractivity contribution in [3.63, 3.8) is 0 Å². The van der Waals surface area contributed by atoms with Crippen molar-refractivity contribution in [2.24, 2.45) is 5.92 Å². The Hall–Kier alpha value is -0.960. The normalized spacial score (nSPS) is 18.8. The van der Waals surface area contributed by atoms with Gasteiger partial charge in [-0.3, -0.25) is 0 Å². The Balaban J connectivity index is 2.22. The molecule has 3 heteroatoms. The molecule has 0 spiro atoms. The van der Waals surface area contributed by atoms with Gasteiger partial charge >= 0.3 is 0 Å². The first-order valence-electron chi connectivity index (χ1n) is 6.77. The summed E-state index contributed by atoms with van der Waals surface area (Å²) in [6.07, 6.45) is 6.41. The summed E-state index contributed by atoms with van der Waals surface area (Å²) < 4.78 is 26.6. The zero-order valence-electron chi connectivity index (χ0n) is 10.5. The van der Waals surface area contributed by atoms with E-state index < -0.39 is 11.6 Å². The second-order valence-corrected chi connectivity index (χ2v) is 5.22. The second kappa shape index (κ2) is 6.28. The fourth-order valence-electron chi connectivity index (χ4n) is 3.14. The molecule has 1 fully saturated rings. The highest BCUT2D eigenvalue weighted by molar-refractivity contribution is 5.23. The number of halogens is 2. The SMILES string of the molecule is OCCC(c1cc(F)cc(F)c1)C1CCCCC1. The van der Waals surface area contributed by atoms with Gasteiger partial charge in [0, 0.05) is 12.7 Å². The van der Waals surface area contributed by atoms with Crippen molar-refractivity contribution < 1.29 is 13.9 Å². The van der Waals surface area contributed by atoms with Crippen LogP contribution in [0.15, 0.2) is 18.2 Å². The van der Waals surface area contributed by atoms with E-state index in [9.17, 15) is 13.9 Å². The molecule has 0 saturated heterocycles. The molecule has 0 amide bonds. The molecule has 1 aliphatic rings. The summed E-state index contributed by atoms with van der Waals surface area (Å²) in [6, 6.07) is 3.73. The van der Waals surface area contributed by atoms with E-state index in [2.05, 4.69) is 0 Å². The lowest BCUT2D eigenvalue weighted by molar-refractivity contribution is 0.228. The predicted molar refractivity (Wildman–Crippen MR) is 67.4 cm³/mol. The minimum Gasteiger partial charge on any atom is -0.396 e. The van der Waals surface area contributed by atoms with Gasteiger partial charge in [-0.1, -0.05) is 19.3 Å². The maximum Gasteiger partial charge on any atom is 0.126 e. The molecule has 1 aromatic carbocycles. The van der Waals surface area contributed by atoms with Crippen molar-refractivity contribution in [2.45, 2.75) is 44.4 Å². The van der Waals surface area contributed by atoms with Crippen molar-refractivity contribution in [1.82, 2.24) is 0 Å². The molecule has 0 aromatic heterocycles. The largest absolute Gasteiger partial charge is 0.396 e. The number of rotatable bonds is 4. The summed E-state index contributed by atoms with van der Waals surface area (Å²) in [6.45, 7) is 0.0687. The molecule has 2 rings (SSSR count). The van der Waals surface area contributed by atoms with Crippen molar-refractivity contribution in [3.8, 4) is 0 Å². The first-order chi connectivity index (χ1) is 8.70. The fraction of sp³-hybridized carbons (Fsp3) is 0.600. The maximum atomic E-state index is 13.3. The number of benzene rings is 1. The van der Waals surface area contributed by atoms with E-state index in [1.807, 2.05) is 0 Å². The lowest BCUT2D eigenvalue weighted by Crippen LogP contribution is -2.18. The Morgan fingerprint density at radius 3 is 2.22 bits per heavy atom. The van der Waals surface area contributed by atoms with Gasteiger partial charge < -0.3 is 5.11 Å². The van der Waals surface area contributed by atoms with Gasteiger partial charge in [-0.05, 0) is 48.8 Å². The molecule has 1 N–H and O–H groups in total. The molecule has 1 nitrogen and oxygen atoms in total. The molecule has 0 radical (unpaired) electrons. The van der Waals surface area contributed by atoms with Crippen LogP contribution in [-0.2, 0) is 0 Å². The maximum absolute atomic E-state index is 13.3. The van der Waals surface area contributed by atoms with Crippen LogP contribution in [0.4, 0.5) is 8.78 Å². The molecular weight excluding hydrogens is 234 g/mol. The van der Waals surface area contributed by atoms with Gasteiger partial charge in [-0.15, -0.1) is 0 Å². The van der Waals surface area contributed by atoms with Crippen LogP contribution in [0, 0.1) is 17.6 Å². The third kappa shape index (κ3) is 3.29. The van der Waals surface area contributed by atoms with Gasteiger partial charge in [0.05, 0.1) is 0 Å². The molecule has 1 aromatic rings. The molecule has 0 bridgehead atoms. The molecule has 1 aliphatic carbocycles. The van der Waals surface area contributed by atoms with E-state index in [0.717, 1.165) is 18.9 Å². The van der Waals surface area contributed by atoms with Crippen molar-refractivity contribution in [2.75, 3.05) is 6.61 Å². The Labute approximate surface area is 107 Å². The van der Waals surface area contributed by atoms with E-state index in [4.69, 9.17) is 0 Å². The number of aliphatic hydroxyl groups is 1. The number of hydrogen-bond donors (Lipinski definition) is 1. The summed E-state index contributed by atoms with van der Waals surface area (Å²) in [7, 11) is 0. The van der Waals surface area contributed by atoms with Crippen LogP contribution in [0.5, 0.6) is 0 Å². The van der Waals surface area contributed by atoms with Gasteiger partial charge in [-0.2, -0.15) is 0 Å². The van der Waals surface area contributed by atoms with Crippen molar-refractivity contribution in [3.05, 3.63) is 35.4 Å². The van der Waals surface area contributed by atoms with Crippen molar-refractivity contribution >= 4 is 0 Å². The van der Waals surface area contributed by atoms with Gasteiger partial charge in [0.25, 0.3) is 0 Å². The molecule has 0 aliphatic heterocycles. The Kier molecular flexibility index (Phi) is 4.70. The smallest absolute Gasteiger partial charge is 0.126 e. The summed E-state index contributed by atoms with van der Waals surface area (Å²) in [5.74, 6) is -0.514. The van der Waals surface area contributed by atoms with E-state index in [-0.39, 0.29) is 12.5 Å². The fourth-order valence-corrected chi connectivity index (χ4v) is 3.14. The standard InChI is InChI=1S/C15H20F2O/c16-13-8-12(9-14(17)10-13)15(6-7-18)11-4-2-1-3-5-11/h8-11,15,18H,1-7H2. The quantitative estimate of drug-likeness (QED) is 0.860. The number of aliphatic hydroxyl groups excluding tert-OH is 1. The lowest BCUT2D eigenvalue weighted by atomic mass is 9.75. The number of hydrogen-bond acceptors (Lipinski definition) is 1. The summed E-state index contributed by atoms with van der Waals surface area (Å²) in [5, 5.41) is 9.18. The van der Waals surface area contributed by atoms with Gasteiger partial charge in [0.2, 0.25) is 0 Å². The van der Waals surface area contributed by atoms with E-state index in [1.54, 1.807) is 0 Å². The highest BCUT2D eigenvalue weighted by Gasteiger charge is 2.25. The molecule has 18 heavy (non-hydrogen) atoms. The summed E-state index contributed by atoms with van der Waals surface area (Å²) >= 11 is 0. The molecule has 1 saturated carbocycles. The third-order valence-corrected chi connectivity index (χ3v) is 3.97. The Morgan fingerprint density at radius 2 is 1.67 bits per heavy atom. The van der Waals surface area contributed by atoms with Crippen LogP contribution in [0.25, 0.3) is 0 Å². The topological polar surface area (TPSA) is 20.2 Å². The average Bonchev–Trinajstić information content (AvgIpc) is 2.36.